The third-order valence-electron chi connectivity index (χ3n) is 7.01. The van der Waals surface area contributed by atoms with Crippen molar-refractivity contribution in [2.45, 2.75) is 0 Å². The molecule has 2 aliphatic rings. The van der Waals surface area contributed by atoms with Gasteiger partial charge in [-0.25, -0.2) is 9.97 Å². The summed E-state index contributed by atoms with van der Waals surface area (Å²) in [5.74, 6) is 4.33. The molecular formula is C28H29Cl2N9. The fourth-order valence-corrected chi connectivity index (χ4v) is 5.19. The van der Waals surface area contributed by atoms with E-state index < -0.39 is 0 Å². The topological polar surface area (TPSA) is 76.6 Å². The lowest BCUT2D eigenvalue weighted by Gasteiger charge is -2.37. The second-order valence-corrected chi connectivity index (χ2v) is 10.3. The molecule has 4 aromatic rings. The van der Waals surface area contributed by atoms with Crippen molar-refractivity contribution in [3.05, 3.63) is 83.1 Å². The van der Waals surface area contributed by atoms with Gasteiger partial charge in [-0.15, -0.1) is 0 Å². The van der Waals surface area contributed by atoms with Crippen molar-refractivity contribution in [2.75, 3.05) is 77.3 Å². The molecule has 200 valence electrons. The van der Waals surface area contributed by atoms with Crippen LogP contribution in [0, 0.1) is 0 Å². The highest BCUT2D eigenvalue weighted by Gasteiger charge is 2.24. The second kappa shape index (κ2) is 11.5. The van der Waals surface area contributed by atoms with Gasteiger partial charge >= 0.3 is 0 Å². The first-order chi connectivity index (χ1) is 19.1. The van der Waals surface area contributed by atoms with E-state index in [1.54, 1.807) is 6.07 Å². The Bertz CT molecular complexity index is 1310. The molecule has 0 amide bonds. The van der Waals surface area contributed by atoms with Gasteiger partial charge in [-0.1, -0.05) is 35.3 Å². The van der Waals surface area contributed by atoms with Crippen LogP contribution in [0.1, 0.15) is 0 Å². The van der Waals surface area contributed by atoms with Crippen molar-refractivity contribution in [3.63, 3.8) is 0 Å². The summed E-state index contributed by atoms with van der Waals surface area (Å²) in [5.41, 5.74) is 0.819. The van der Waals surface area contributed by atoms with Gasteiger partial charge in [-0.3, -0.25) is 0 Å². The Morgan fingerprint density at radius 2 is 1.13 bits per heavy atom. The van der Waals surface area contributed by atoms with Gasteiger partial charge in [0.2, 0.25) is 5.95 Å². The van der Waals surface area contributed by atoms with Gasteiger partial charge in [0.15, 0.2) is 0 Å². The van der Waals surface area contributed by atoms with Crippen molar-refractivity contribution in [1.82, 2.24) is 19.9 Å². The average molecular weight is 563 g/mol. The van der Waals surface area contributed by atoms with E-state index >= 15 is 0 Å². The van der Waals surface area contributed by atoms with Gasteiger partial charge in [-0.2, -0.15) is 9.97 Å². The Hall–Kier alpha value is -3.82. The number of nitrogens with one attached hydrogen (secondary N) is 1. The number of hydrogen-bond acceptors (Lipinski definition) is 9. The first-order valence-electron chi connectivity index (χ1n) is 13.1. The summed E-state index contributed by atoms with van der Waals surface area (Å²) in [4.78, 5) is 28.1. The molecule has 0 bridgehead atoms. The predicted molar refractivity (Wildman–Crippen MR) is 159 cm³/mol. The van der Waals surface area contributed by atoms with Crippen LogP contribution in [0.2, 0.25) is 10.0 Å². The Morgan fingerprint density at radius 1 is 0.564 bits per heavy atom. The fourth-order valence-electron chi connectivity index (χ4n) is 4.89. The SMILES string of the molecule is Clc1ccc(Nc2cc(N3CCN(c4ccccn4)CC3)nc(N3CCN(c4ccccn4)CC3)n2)cc1Cl. The standard InChI is InChI=1S/C28H29Cl2N9/c29-22-8-7-21(19-23(22)30)33-24-20-27(38-13-11-36(12-14-38)25-5-1-3-9-31-25)35-28(34-24)39-17-15-37(16-18-39)26-6-2-4-10-32-26/h1-10,19-20H,11-18H2,(H,33,34,35). The lowest BCUT2D eigenvalue weighted by atomic mass is 10.3. The van der Waals surface area contributed by atoms with Crippen LogP contribution in [0.15, 0.2) is 73.1 Å². The summed E-state index contributed by atoms with van der Waals surface area (Å²) in [6.07, 6.45) is 3.68. The third kappa shape index (κ3) is 5.94. The first kappa shape index (κ1) is 25.5. The highest BCUT2D eigenvalue weighted by atomic mass is 35.5. The molecule has 6 rings (SSSR count). The number of rotatable bonds is 6. The van der Waals surface area contributed by atoms with Crippen LogP contribution in [0.3, 0.4) is 0 Å². The largest absolute Gasteiger partial charge is 0.353 e. The molecule has 0 spiro atoms. The molecule has 3 aromatic heterocycles. The maximum atomic E-state index is 6.27. The first-order valence-corrected chi connectivity index (χ1v) is 13.8. The van der Waals surface area contributed by atoms with Crippen LogP contribution in [0.4, 0.5) is 34.9 Å². The lowest BCUT2D eigenvalue weighted by molar-refractivity contribution is 0.626. The van der Waals surface area contributed by atoms with E-state index in [0.29, 0.717) is 21.8 Å². The van der Waals surface area contributed by atoms with E-state index in [2.05, 4.69) is 47.0 Å². The Morgan fingerprint density at radius 3 is 1.67 bits per heavy atom. The van der Waals surface area contributed by atoms with Crippen LogP contribution in [0.5, 0.6) is 0 Å². The number of pyridine rings is 2. The predicted octanol–water partition coefficient (Wildman–Crippen LogP) is 4.97. The smallest absolute Gasteiger partial charge is 0.229 e. The van der Waals surface area contributed by atoms with Gasteiger partial charge in [0.05, 0.1) is 10.0 Å². The average Bonchev–Trinajstić information content (AvgIpc) is 3.00. The minimum atomic E-state index is 0.493. The Labute approximate surface area is 238 Å². The summed E-state index contributed by atoms with van der Waals surface area (Å²) in [7, 11) is 0. The quantitative estimate of drug-likeness (QED) is 0.351. The molecule has 2 fully saturated rings. The molecule has 0 saturated carbocycles. The Balaban J connectivity index is 1.22. The van der Waals surface area contributed by atoms with E-state index in [0.717, 1.165) is 75.5 Å². The maximum absolute atomic E-state index is 6.27. The van der Waals surface area contributed by atoms with Crippen LogP contribution >= 0.6 is 23.2 Å². The molecule has 0 unspecified atom stereocenters. The zero-order valence-corrected chi connectivity index (χ0v) is 22.9. The second-order valence-electron chi connectivity index (χ2n) is 9.49. The molecule has 1 N–H and O–H groups in total. The minimum absolute atomic E-state index is 0.493. The molecule has 0 radical (unpaired) electrons. The minimum Gasteiger partial charge on any atom is -0.353 e. The van der Waals surface area contributed by atoms with Crippen LogP contribution in [-0.4, -0.2) is 72.3 Å². The Kier molecular flexibility index (Phi) is 7.51. The van der Waals surface area contributed by atoms with Crippen molar-refractivity contribution in [3.8, 4) is 0 Å². The van der Waals surface area contributed by atoms with Crippen LogP contribution in [0.25, 0.3) is 0 Å². The van der Waals surface area contributed by atoms with Crippen LogP contribution in [-0.2, 0) is 0 Å². The molecule has 2 aliphatic heterocycles. The highest BCUT2D eigenvalue weighted by molar-refractivity contribution is 6.42. The normalized spacial score (nSPS) is 15.9. The number of benzene rings is 1. The molecular weight excluding hydrogens is 533 g/mol. The number of nitrogens with zero attached hydrogens (tertiary/aromatic N) is 8. The lowest BCUT2D eigenvalue weighted by Crippen LogP contribution is -2.48. The van der Waals surface area contributed by atoms with Gasteiger partial charge in [0.1, 0.15) is 23.3 Å². The van der Waals surface area contributed by atoms with Gasteiger partial charge < -0.3 is 24.9 Å². The van der Waals surface area contributed by atoms with Gasteiger partial charge in [0, 0.05) is 76.5 Å². The number of anilines is 6. The number of hydrogen-bond donors (Lipinski definition) is 1. The van der Waals surface area contributed by atoms with E-state index in [1.807, 2.05) is 54.9 Å². The number of halogens is 2. The molecule has 11 heteroatoms. The van der Waals surface area contributed by atoms with E-state index in [1.165, 1.54) is 0 Å². The molecule has 0 aliphatic carbocycles. The van der Waals surface area contributed by atoms with Crippen molar-refractivity contribution in [2.24, 2.45) is 0 Å². The van der Waals surface area contributed by atoms with Gasteiger partial charge in [-0.05, 0) is 42.5 Å². The zero-order chi connectivity index (χ0) is 26.6. The van der Waals surface area contributed by atoms with E-state index in [9.17, 15) is 0 Å². The van der Waals surface area contributed by atoms with Gasteiger partial charge in [0.25, 0.3) is 0 Å². The molecule has 5 heterocycles. The summed E-state index contributed by atoms with van der Waals surface area (Å²) < 4.78 is 0. The van der Waals surface area contributed by atoms with Crippen molar-refractivity contribution >= 4 is 58.1 Å². The maximum Gasteiger partial charge on any atom is 0.229 e. The number of piperazine rings is 2. The van der Waals surface area contributed by atoms with E-state index in [-0.39, 0.29) is 0 Å². The zero-order valence-electron chi connectivity index (χ0n) is 21.4. The summed E-state index contributed by atoms with van der Waals surface area (Å²) in [6.45, 7) is 6.73. The summed E-state index contributed by atoms with van der Waals surface area (Å²) in [5, 5.41) is 4.42. The van der Waals surface area contributed by atoms with Crippen molar-refractivity contribution < 1.29 is 0 Å². The van der Waals surface area contributed by atoms with Crippen molar-refractivity contribution in [1.29, 1.82) is 0 Å². The molecule has 1 aromatic carbocycles. The monoisotopic (exact) mass is 561 g/mol. The fraction of sp³-hybridized carbons (Fsp3) is 0.286. The highest BCUT2D eigenvalue weighted by Crippen LogP contribution is 2.29. The van der Waals surface area contributed by atoms with E-state index in [4.69, 9.17) is 33.2 Å². The molecule has 0 atom stereocenters. The number of aromatic nitrogens is 4. The summed E-state index contributed by atoms with van der Waals surface area (Å²) >= 11 is 12.4. The molecule has 39 heavy (non-hydrogen) atoms. The van der Waals surface area contributed by atoms with Crippen LogP contribution < -0.4 is 24.9 Å². The summed E-state index contributed by atoms with van der Waals surface area (Å²) in [6, 6.07) is 19.5. The molecule has 2 saturated heterocycles. The third-order valence-corrected chi connectivity index (χ3v) is 7.74. The molecule has 9 nitrogen and oxygen atoms in total.